The SMILES string of the molecule is O=C1CCc2cc(NCC3CCNC3)c([N+](=O)[O-])cc2N1. The minimum atomic E-state index is -0.406. The number of amides is 1. The summed E-state index contributed by atoms with van der Waals surface area (Å²) in [4.78, 5) is 22.2. The normalized spacial score (nSPS) is 20.8. The highest BCUT2D eigenvalue weighted by Gasteiger charge is 2.23. The van der Waals surface area contributed by atoms with Crippen LogP contribution in [0.3, 0.4) is 0 Å². The number of carbonyl (C=O) groups excluding carboxylic acids is 1. The van der Waals surface area contributed by atoms with Crippen molar-refractivity contribution >= 4 is 23.0 Å². The van der Waals surface area contributed by atoms with Crippen LogP contribution < -0.4 is 16.0 Å². The van der Waals surface area contributed by atoms with Gasteiger partial charge in [0.05, 0.1) is 10.6 Å². The van der Waals surface area contributed by atoms with Crippen molar-refractivity contribution in [1.82, 2.24) is 5.32 Å². The molecule has 0 aliphatic carbocycles. The molecule has 2 aliphatic heterocycles. The van der Waals surface area contributed by atoms with Gasteiger partial charge in [0, 0.05) is 19.0 Å². The Labute approximate surface area is 122 Å². The third-order valence-corrected chi connectivity index (χ3v) is 4.06. The zero-order chi connectivity index (χ0) is 14.8. The second kappa shape index (κ2) is 5.69. The van der Waals surface area contributed by atoms with Crippen molar-refractivity contribution < 1.29 is 9.72 Å². The summed E-state index contributed by atoms with van der Waals surface area (Å²) in [6, 6.07) is 3.26. The molecule has 3 N–H and O–H groups in total. The molecule has 7 nitrogen and oxygen atoms in total. The van der Waals surface area contributed by atoms with E-state index in [2.05, 4.69) is 16.0 Å². The van der Waals surface area contributed by atoms with E-state index in [-0.39, 0.29) is 11.6 Å². The monoisotopic (exact) mass is 290 g/mol. The van der Waals surface area contributed by atoms with Crippen molar-refractivity contribution in [3.8, 4) is 0 Å². The van der Waals surface area contributed by atoms with Crippen molar-refractivity contribution in [3.05, 3.63) is 27.8 Å². The fourth-order valence-electron chi connectivity index (χ4n) is 2.85. The molecule has 112 valence electrons. The summed E-state index contributed by atoms with van der Waals surface area (Å²) < 4.78 is 0. The van der Waals surface area contributed by atoms with Gasteiger partial charge in [0.2, 0.25) is 5.91 Å². The van der Waals surface area contributed by atoms with Gasteiger partial charge in [-0.25, -0.2) is 0 Å². The number of anilines is 2. The van der Waals surface area contributed by atoms with Crippen LogP contribution in [0.1, 0.15) is 18.4 Å². The van der Waals surface area contributed by atoms with Crippen LogP contribution in [0.4, 0.5) is 17.1 Å². The molecule has 21 heavy (non-hydrogen) atoms. The molecule has 0 spiro atoms. The lowest BCUT2D eigenvalue weighted by molar-refractivity contribution is -0.383. The standard InChI is InChI=1S/C14H18N4O3/c19-14-2-1-10-5-12(16-8-9-3-4-15-7-9)13(18(20)21)6-11(10)17-14/h5-6,9,15-16H,1-4,7-8H2,(H,17,19). The Bertz CT molecular complexity index is 582. The van der Waals surface area contributed by atoms with E-state index >= 15 is 0 Å². The number of aryl methyl sites for hydroxylation is 1. The van der Waals surface area contributed by atoms with E-state index in [1.54, 1.807) is 6.07 Å². The number of fused-ring (bicyclic) bond motifs is 1. The highest BCUT2D eigenvalue weighted by molar-refractivity contribution is 5.95. The van der Waals surface area contributed by atoms with Crippen LogP contribution >= 0.6 is 0 Å². The van der Waals surface area contributed by atoms with Gasteiger partial charge in [0.15, 0.2) is 0 Å². The van der Waals surface area contributed by atoms with Crippen LogP contribution in [-0.2, 0) is 11.2 Å². The maximum atomic E-state index is 11.4. The van der Waals surface area contributed by atoms with Crippen LogP contribution in [0, 0.1) is 16.0 Å². The second-order valence-corrected chi connectivity index (χ2v) is 5.57. The molecule has 0 aromatic heterocycles. The van der Waals surface area contributed by atoms with Crippen molar-refractivity contribution in [1.29, 1.82) is 0 Å². The Balaban J connectivity index is 1.83. The lowest BCUT2D eigenvalue weighted by Gasteiger charge is -2.19. The van der Waals surface area contributed by atoms with E-state index in [4.69, 9.17) is 0 Å². The Hall–Kier alpha value is -2.15. The van der Waals surface area contributed by atoms with Gasteiger partial charge in [0.1, 0.15) is 5.69 Å². The molecule has 1 amide bonds. The molecule has 2 heterocycles. The van der Waals surface area contributed by atoms with Gasteiger partial charge < -0.3 is 16.0 Å². The number of nitrogens with zero attached hydrogens (tertiary/aromatic N) is 1. The highest BCUT2D eigenvalue weighted by Crippen LogP contribution is 2.34. The van der Waals surface area contributed by atoms with Crippen LogP contribution in [-0.4, -0.2) is 30.5 Å². The molecule has 1 unspecified atom stereocenters. The molecule has 3 rings (SSSR count). The molecule has 1 atom stereocenters. The largest absolute Gasteiger partial charge is 0.379 e. The Morgan fingerprint density at radius 2 is 2.24 bits per heavy atom. The minimum absolute atomic E-state index is 0.0157. The zero-order valence-electron chi connectivity index (χ0n) is 11.6. The first kappa shape index (κ1) is 13.8. The van der Waals surface area contributed by atoms with E-state index in [0.29, 0.717) is 30.1 Å². The number of nitrogens with one attached hydrogen (secondary N) is 3. The fourth-order valence-corrected chi connectivity index (χ4v) is 2.85. The zero-order valence-corrected chi connectivity index (χ0v) is 11.6. The second-order valence-electron chi connectivity index (χ2n) is 5.57. The van der Waals surface area contributed by atoms with Gasteiger partial charge in [-0.05, 0) is 43.5 Å². The maximum absolute atomic E-state index is 11.4. The molecule has 1 saturated heterocycles. The number of carbonyl (C=O) groups is 1. The lowest BCUT2D eigenvalue weighted by atomic mass is 10.0. The van der Waals surface area contributed by atoms with Crippen LogP contribution in [0.5, 0.6) is 0 Å². The van der Waals surface area contributed by atoms with Gasteiger partial charge >= 0.3 is 0 Å². The molecule has 7 heteroatoms. The number of nitro benzene ring substituents is 1. The lowest BCUT2D eigenvalue weighted by Crippen LogP contribution is -2.21. The Morgan fingerprint density at radius 1 is 1.38 bits per heavy atom. The molecular weight excluding hydrogens is 272 g/mol. The first-order valence-corrected chi connectivity index (χ1v) is 7.19. The quantitative estimate of drug-likeness (QED) is 0.577. The summed E-state index contributed by atoms with van der Waals surface area (Å²) in [5.41, 5.74) is 2.07. The smallest absolute Gasteiger partial charge is 0.294 e. The first-order valence-electron chi connectivity index (χ1n) is 7.19. The Morgan fingerprint density at radius 3 is 2.95 bits per heavy atom. The summed E-state index contributed by atoms with van der Waals surface area (Å²) in [5, 5.41) is 20.4. The molecule has 1 aromatic rings. The number of benzene rings is 1. The minimum Gasteiger partial charge on any atom is -0.379 e. The van der Waals surface area contributed by atoms with Gasteiger partial charge in [-0.15, -0.1) is 0 Å². The topological polar surface area (TPSA) is 96.3 Å². The highest BCUT2D eigenvalue weighted by atomic mass is 16.6. The van der Waals surface area contributed by atoms with Crippen molar-refractivity contribution in [2.45, 2.75) is 19.3 Å². The van der Waals surface area contributed by atoms with Gasteiger partial charge in [-0.2, -0.15) is 0 Å². The van der Waals surface area contributed by atoms with E-state index in [9.17, 15) is 14.9 Å². The van der Waals surface area contributed by atoms with Gasteiger partial charge in [-0.3, -0.25) is 14.9 Å². The van der Waals surface area contributed by atoms with Crippen molar-refractivity contribution in [2.24, 2.45) is 5.92 Å². The average Bonchev–Trinajstić information content (AvgIpc) is 2.97. The van der Waals surface area contributed by atoms with Crippen molar-refractivity contribution in [2.75, 3.05) is 30.3 Å². The summed E-state index contributed by atoms with van der Waals surface area (Å²) in [6.07, 6.45) is 2.14. The average molecular weight is 290 g/mol. The maximum Gasteiger partial charge on any atom is 0.294 e. The first-order chi connectivity index (χ1) is 10.1. The van der Waals surface area contributed by atoms with Crippen LogP contribution in [0.15, 0.2) is 12.1 Å². The molecule has 1 fully saturated rings. The molecule has 1 aromatic carbocycles. The number of nitro groups is 1. The van der Waals surface area contributed by atoms with E-state index < -0.39 is 4.92 Å². The summed E-state index contributed by atoms with van der Waals surface area (Å²) >= 11 is 0. The molecule has 0 bridgehead atoms. The molecule has 2 aliphatic rings. The van der Waals surface area contributed by atoms with E-state index in [0.717, 1.165) is 31.6 Å². The molecule has 0 radical (unpaired) electrons. The van der Waals surface area contributed by atoms with Crippen LogP contribution in [0.2, 0.25) is 0 Å². The predicted octanol–water partition coefficient (Wildman–Crippen LogP) is 1.50. The summed E-state index contributed by atoms with van der Waals surface area (Å²) in [6.45, 7) is 2.67. The fraction of sp³-hybridized carbons (Fsp3) is 0.500. The van der Waals surface area contributed by atoms with Crippen LogP contribution in [0.25, 0.3) is 0 Å². The van der Waals surface area contributed by atoms with Gasteiger partial charge in [-0.1, -0.05) is 0 Å². The van der Waals surface area contributed by atoms with Crippen molar-refractivity contribution in [3.63, 3.8) is 0 Å². The summed E-state index contributed by atoms with van der Waals surface area (Å²) in [5.74, 6) is 0.412. The van der Waals surface area contributed by atoms with E-state index in [1.807, 2.05) is 0 Å². The third kappa shape index (κ3) is 2.97. The number of hydrogen-bond acceptors (Lipinski definition) is 5. The van der Waals surface area contributed by atoms with E-state index in [1.165, 1.54) is 6.07 Å². The van der Waals surface area contributed by atoms with Gasteiger partial charge in [0.25, 0.3) is 5.69 Å². The molecule has 0 saturated carbocycles. The Kier molecular flexibility index (Phi) is 3.74. The summed E-state index contributed by atoms with van der Waals surface area (Å²) in [7, 11) is 0. The predicted molar refractivity (Wildman–Crippen MR) is 79.5 cm³/mol. The third-order valence-electron chi connectivity index (χ3n) is 4.06. The number of rotatable bonds is 4. The molecular formula is C14H18N4O3. The number of hydrogen-bond donors (Lipinski definition) is 3.